The van der Waals surface area contributed by atoms with Crippen LogP contribution in [-0.2, 0) is 6.18 Å². The quantitative estimate of drug-likeness (QED) is 0.262. The monoisotopic (exact) mass is 546 g/mol. The van der Waals surface area contributed by atoms with E-state index in [1.54, 1.807) is 61.7 Å². The van der Waals surface area contributed by atoms with Crippen LogP contribution in [0.1, 0.15) is 21.5 Å². The lowest BCUT2D eigenvalue weighted by Crippen LogP contribution is -2.37. The van der Waals surface area contributed by atoms with Crippen molar-refractivity contribution in [3.63, 3.8) is 0 Å². The molecule has 0 spiro atoms. The van der Waals surface area contributed by atoms with Crippen LogP contribution in [0, 0.1) is 12.7 Å². The van der Waals surface area contributed by atoms with Crippen molar-refractivity contribution in [1.82, 2.24) is 15.9 Å². The van der Waals surface area contributed by atoms with Crippen molar-refractivity contribution < 1.29 is 22.4 Å². The van der Waals surface area contributed by atoms with E-state index < -0.39 is 29.2 Å². The summed E-state index contributed by atoms with van der Waals surface area (Å²) in [4.78, 5) is 22.6. The van der Waals surface area contributed by atoms with Gasteiger partial charge in [0.1, 0.15) is 0 Å². The van der Waals surface area contributed by atoms with Crippen LogP contribution in [0.2, 0.25) is 0 Å². The van der Waals surface area contributed by atoms with Gasteiger partial charge in [-0.05, 0) is 57.6 Å². The molecule has 1 heterocycles. The van der Waals surface area contributed by atoms with Gasteiger partial charge < -0.3 is 21.0 Å². The molecule has 39 heavy (non-hydrogen) atoms. The lowest BCUT2D eigenvalue weighted by atomic mass is 10.1. The largest absolute Gasteiger partial charge is 0.419 e. The number of allylic oxidation sites excluding steroid dienone is 1. The third-order valence-electron chi connectivity index (χ3n) is 5.62. The summed E-state index contributed by atoms with van der Waals surface area (Å²) in [6, 6.07) is 6.59. The first kappa shape index (κ1) is 29.3. The number of amides is 1. The smallest absolute Gasteiger partial charge is 0.381 e. The number of carbonyl (C=O) groups excluding carboxylic acids is 1. The second kappa shape index (κ2) is 12.5. The Bertz CT molecular complexity index is 1320. The van der Waals surface area contributed by atoms with E-state index in [-0.39, 0.29) is 12.1 Å². The van der Waals surface area contributed by atoms with Crippen LogP contribution >= 0.6 is 0 Å². The molecule has 0 saturated heterocycles. The number of carbonyl (C=O) groups is 1. The molecule has 0 aromatic heterocycles. The average molecular weight is 547 g/mol. The molecule has 0 atom stereocenters. The van der Waals surface area contributed by atoms with Crippen LogP contribution in [0.25, 0.3) is 0 Å². The number of hydrogen-bond acceptors (Lipinski definition) is 8. The van der Waals surface area contributed by atoms with Crippen molar-refractivity contribution in [2.24, 2.45) is 9.98 Å². The Labute approximate surface area is 223 Å². The lowest BCUT2D eigenvalue weighted by Gasteiger charge is -2.19. The van der Waals surface area contributed by atoms with Crippen molar-refractivity contribution in [3.05, 3.63) is 76.5 Å². The molecule has 4 N–H and O–H groups in total. The highest BCUT2D eigenvalue weighted by atomic mass is 19.4. The lowest BCUT2D eigenvalue weighted by molar-refractivity contribution is -0.139. The number of halogens is 4. The number of aliphatic imine (C=N–C) groups is 2. The molecule has 0 radical (unpaired) electrons. The minimum Gasteiger partial charge on any atom is -0.381 e. The van der Waals surface area contributed by atoms with Gasteiger partial charge in [0, 0.05) is 55.6 Å². The molecule has 0 aliphatic carbocycles. The number of anilines is 3. The summed E-state index contributed by atoms with van der Waals surface area (Å²) < 4.78 is 55.3. The molecule has 208 valence electrons. The Morgan fingerprint density at radius 2 is 1.97 bits per heavy atom. The van der Waals surface area contributed by atoms with Crippen LogP contribution in [0.15, 0.2) is 64.0 Å². The third-order valence-corrected chi connectivity index (χ3v) is 5.62. The highest BCUT2D eigenvalue weighted by Crippen LogP contribution is 2.35. The Morgan fingerprint density at radius 1 is 1.23 bits per heavy atom. The number of hydrogen-bond donors (Lipinski definition) is 4. The minimum atomic E-state index is -4.98. The van der Waals surface area contributed by atoms with E-state index in [1.807, 2.05) is 6.92 Å². The predicted molar refractivity (Wildman–Crippen MR) is 146 cm³/mol. The minimum absolute atomic E-state index is 0.184. The summed E-state index contributed by atoms with van der Waals surface area (Å²) in [5.41, 5.74) is 6.83. The van der Waals surface area contributed by atoms with Crippen LogP contribution in [0.5, 0.6) is 0 Å². The molecule has 2 aromatic carbocycles. The normalized spacial score (nSPS) is 14.0. The first-order chi connectivity index (χ1) is 18.4. The number of likely N-dealkylation sites (N-methyl/N-ethyl adjacent to an activating group) is 1. The van der Waals surface area contributed by atoms with Crippen LogP contribution < -0.4 is 26.6 Å². The topological polar surface area (TPSA) is 96.4 Å². The summed E-state index contributed by atoms with van der Waals surface area (Å²) in [5.74, 6) is -2.28. The summed E-state index contributed by atoms with van der Waals surface area (Å²) in [5, 5.41) is 6.92. The van der Waals surface area contributed by atoms with E-state index in [9.17, 15) is 22.4 Å². The van der Waals surface area contributed by atoms with E-state index in [2.05, 4.69) is 38.3 Å². The number of alkyl halides is 3. The summed E-state index contributed by atoms with van der Waals surface area (Å²) in [6.07, 6.45) is -0.107. The molecule has 1 aliphatic heterocycles. The SMILES string of the molecule is C=N/C=C(\C=NC)C1=CN(c2cc(NC(=O)c3cc(NCCN(C)C)c(F)c(C(F)(F)F)c3)ccc2C)NN1. The fraction of sp³-hybridized carbons (Fsp3) is 0.269. The zero-order valence-electron chi connectivity index (χ0n) is 21.9. The molecule has 1 amide bonds. The standard InChI is InChI=1S/C26H30F4N8O/c1-16-6-7-19(12-23(16)38-15-22(35-36-38)18(13-31-2)14-32-3)34-25(39)17-10-20(26(28,29)30)24(27)21(11-17)33-8-9-37(4)5/h6-7,10-15,33,35-36H,2,8-9H2,1,3-5H3,(H,34,39)/b18-13+,32-14?. The third kappa shape index (κ3) is 7.42. The molecule has 0 bridgehead atoms. The molecule has 3 rings (SSSR count). The Morgan fingerprint density at radius 3 is 2.62 bits per heavy atom. The van der Waals surface area contributed by atoms with Gasteiger partial charge in [0.2, 0.25) is 0 Å². The van der Waals surface area contributed by atoms with Gasteiger partial charge in [-0.15, -0.1) is 5.53 Å². The summed E-state index contributed by atoms with van der Waals surface area (Å²) in [7, 11) is 5.17. The molecule has 9 nitrogen and oxygen atoms in total. The zero-order valence-corrected chi connectivity index (χ0v) is 21.9. The Hall–Kier alpha value is -4.23. The molecule has 0 saturated carbocycles. The predicted octanol–water partition coefficient (Wildman–Crippen LogP) is 4.33. The maximum absolute atomic E-state index is 14.6. The van der Waals surface area contributed by atoms with Gasteiger partial charge in [-0.3, -0.25) is 19.8 Å². The number of nitrogens with zero attached hydrogens (tertiary/aromatic N) is 4. The van der Waals surface area contributed by atoms with Gasteiger partial charge in [0.25, 0.3) is 5.91 Å². The maximum atomic E-state index is 14.6. The maximum Gasteiger partial charge on any atom is 0.419 e. The Kier molecular flexibility index (Phi) is 9.43. The number of aryl methyl sites for hydroxylation is 1. The highest BCUT2D eigenvalue weighted by Gasteiger charge is 2.36. The molecule has 0 fully saturated rings. The van der Waals surface area contributed by atoms with Gasteiger partial charge in [0.15, 0.2) is 5.82 Å². The van der Waals surface area contributed by atoms with E-state index in [0.717, 1.165) is 11.6 Å². The summed E-state index contributed by atoms with van der Waals surface area (Å²) >= 11 is 0. The van der Waals surface area contributed by atoms with Gasteiger partial charge >= 0.3 is 6.18 Å². The van der Waals surface area contributed by atoms with Crippen molar-refractivity contribution in [1.29, 1.82) is 0 Å². The number of nitrogens with one attached hydrogen (secondary N) is 4. The number of benzene rings is 2. The first-order valence-electron chi connectivity index (χ1n) is 11.8. The van der Waals surface area contributed by atoms with Gasteiger partial charge in [-0.25, -0.2) is 4.39 Å². The van der Waals surface area contributed by atoms with Crippen LogP contribution in [0.3, 0.4) is 0 Å². The molecule has 13 heteroatoms. The number of hydrazine groups is 2. The Balaban J connectivity index is 1.89. The van der Waals surface area contributed by atoms with E-state index >= 15 is 0 Å². The summed E-state index contributed by atoms with van der Waals surface area (Å²) in [6.45, 7) is 5.94. The molecular weight excluding hydrogens is 516 g/mol. The van der Waals surface area contributed by atoms with Crippen LogP contribution in [0.4, 0.5) is 34.6 Å². The fourth-order valence-electron chi connectivity index (χ4n) is 3.66. The molecular formula is C26H30F4N8O. The first-order valence-corrected chi connectivity index (χ1v) is 11.8. The van der Waals surface area contributed by atoms with Crippen molar-refractivity contribution in [2.45, 2.75) is 13.1 Å². The van der Waals surface area contributed by atoms with E-state index in [0.29, 0.717) is 35.3 Å². The zero-order chi connectivity index (χ0) is 28.7. The average Bonchev–Trinajstić information content (AvgIpc) is 3.35. The highest BCUT2D eigenvalue weighted by molar-refractivity contribution is 6.05. The van der Waals surface area contributed by atoms with E-state index in [4.69, 9.17) is 0 Å². The fourth-order valence-corrected chi connectivity index (χ4v) is 3.66. The molecule has 1 aliphatic rings. The van der Waals surface area contributed by atoms with Crippen LogP contribution in [-0.4, -0.2) is 58.0 Å². The number of rotatable bonds is 10. The van der Waals surface area contributed by atoms with Gasteiger partial charge in [-0.2, -0.15) is 13.2 Å². The second-order valence-electron chi connectivity index (χ2n) is 8.87. The van der Waals surface area contributed by atoms with Gasteiger partial charge in [0.05, 0.1) is 22.6 Å². The second-order valence-corrected chi connectivity index (χ2v) is 8.87. The van der Waals surface area contributed by atoms with Gasteiger partial charge in [-0.1, -0.05) is 6.07 Å². The van der Waals surface area contributed by atoms with Crippen molar-refractivity contribution >= 4 is 35.9 Å². The van der Waals surface area contributed by atoms with Crippen molar-refractivity contribution in [3.8, 4) is 0 Å². The van der Waals surface area contributed by atoms with Crippen molar-refractivity contribution in [2.75, 3.05) is 49.9 Å². The van der Waals surface area contributed by atoms with E-state index in [1.165, 1.54) is 6.20 Å². The molecule has 2 aromatic rings. The molecule has 0 unspecified atom stereocenters.